The van der Waals surface area contributed by atoms with E-state index in [-0.39, 0.29) is 5.41 Å². The van der Waals surface area contributed by atoms with Gasteiger partial charge in [-0.3, -0.25) is 0 Å². The molecule has 0 saturated heterocycles. The summed E-state index contributed by atoms with van der Waals surface area (Å²) < 4.78 is 0. The third-order valence-electron chi connectivity index (χ3n) is 5.76. The highest BCUT2D eigenvalue weighted by Gasteiger charge is 2.16. The predicted octanol–water partition coefficient (Wildman–Crippen LogP) is 10.7. The average Bonchev–Trinajstić information content (AvgIpc) is 2.91. The van der Waals surface area contributed by atoms with Crippen molar-refractivity contribution < 1.29 is 0 Å². The summed E-state index contributed by atoms with van der Waals surface area (Å²) in [5, 5.41) is 0. The van der Waals surface area contributed by atoms with Gasteiger partial charge in [0.15, 0.2) is 0 Å². The van der Waals surface area contributed by atoms with Crippen LogP contribution in [0.3, 0.4) is 0 Å². The summed E-state index contributed by atoms with van der Waals surface area (Å²) >= 11 is 0. The Kier molecular flexibility index (Phi) is 14.2. The Morgan fingerprint density at radius 1 is 0.765 bits per heavy atom. The molecule has 0 heteroatoms. The molecule has 0 amide bonds. The van der Waals surface area contributed by atoms with Crippen LogP contribution in [0.1, 0.15) is 76.6 Å². The lowest BCUT2D eigenvalue weighted by Gasteiger charge is -2.21. The molecule has 0 aliphatic heterocycles. The summed E-state index contributed by atoms with van der Waals surface area (Å²) in [4.78, 5) is 0. The first-order chi connectivity index (χ1) is 16.3. The molecule has 0 radical (unpaired) electrons. The summed E-state index contributed by atoms with van der Waals surface area (Å²) in [7, 11) is 0. The third-order valence-corrected chi connectivity index (χ3v) is 5.76. The van der Waals surface area contributed by atoms with Gasteiger partial charge in [-0.25, -0.2) is 0 Å². The quantitative estimate of drug-likeness (QED) is 0.336. The van der Waals surface area contributed by atoms with E-state index in [9.17, 15) is 0 Å². The van der Waals surface area contributed by atoms with Gasteiger partial charge in [-0.15, -0.1) is 26.3 Å². The first kappa shape index (κ1) is 30.9. The average molecular weight is 455 g/mol. The molecular formula is C34H46. The molecule has 34 heavy (non-hydrogen) atoms. The summed E-state index contributed by atoms with van der Waals surface area (Å²) in [5.41, 5.74) is 9.24. The molecule has 0 aliphatic rings. The zero-order valence-electron chi connectivity index (χ0n) is 22.7. The Morgan fingerprint density at radius 3 is 1.74 bits per heavy atom. The van der Waals surface area contributed by atoms with Crippen LogP contribution in [0, 0.1) is 0 Å². The first-order valence-corrected chi connectivity index (χ1v) is 12.3. The van der Waals surface area contributed by atoms with Crippen LogP contribution in [-0.4, -0.2) is 0 Å². The fourth-order valence-corrected chi connectivity index (χ4v) is 3.70. The summed E-state index contributed by atoms with van der Waals surface area (Å²) in [6.45, 7) is 31.6. The Bertz CT molecular complexity index is 964. The standard InChI is InChI=1S/C28H32.C2H6.2C2H4/c1-7-22-10-8-9-11-27(22)25-14-12-23(13-15-25)20(2)21(3)24-16-18-26(19-17-24)28(4,5)6;3*1-2/h8-19,21H,2,7H2,1,3-6H3;1-2H3;2*1-2H2. The molecule has 1 atom stereocenters. The molecule has 0 aliphatic carbocycles. The van der Waals surface area contributed by atoms with Crippen molar-refractivity contribution in [3.8, 4) is 11.1 Å². The molecule has 3 aromatic rings. The Morgan fingerprint density at radius 2 is 1.26 bits per heavy atom. The van der Waals surface area contributed by atoms with Gasteiger partial charge in [0, 0.05) is 5.92 Å². The number of rotatable bonds is 5. The number of benzene rings is 3. The predicted molar refractivity (Wildman–Crippen MR) is 158 cm³/mol. The second-order valence-corrected chi connectivity index (χ2v) is 8.71. The lowest BCUT2D eigenvalue weighted by atomic mass is 9.84. The minimum Gasteiger partial charge on any atom is -0.106 e. The van der Waals surface area contributed by atoms with Crippen molar-refractivity contribution in [2.75, 3.05) is 0 Å². The zero-order chi connectivity index (χ0) is 26.3. The summed E-state index contributed by atoms with van der Waals surface area (Å²) in [5.74, 6) is 0.294. The van der Waals surface area contributed by atoms with Crippen molar-refractivity contribution >= 4 is 5.57 Å². The number of hydrogen-bond acceptors (Lipinski definition) is 0. The molecule has 0 saturated carbocycles. The molecule has 3 aromatic carbocycles. The highest BCUT2D eigenvalue weighted by atomic mass is 14.2. The summed E-state index contributed by atoms with van der Waals surface area (Å²) in [6, 6.07) is 26.5. The van der Waals surface area contributed by atoms with Crippen LogP contribution < -0.4 is 0 Å². The molecular weight excluding hydrogens is 408 g/mol. The van der Waals surface area contributed by atoms with Gasteiger partial charge in [0.25, 0.3) is 0 Å². The number of hydrogen-bond donors (Lipinski definition) is 0. The maximum Gasteiger partial charge on any atom is 0.00610 e. The van der Waals surface area contributed by atoms with Gasteiger partial charge in [0.05, 0.1) is 0 Å². The van der Waals surface area contributed by atoms with Crippen molar-refractivity contribution in [1.82, 2.24) is 0 Å². The summed E-state index contributed by atoms with van der Waals surface area (Å²) in [6.07, 6.45) is 1.05. The largest absolute Gasteiger partial charge is 0.106 e. The smallest absolute Gasteiger partial charge is 0.00610 e. The van der Waals surface area contributed by atoms with Crippen LogP contribution in [0.5, 0.6) is 0 Å². The molecule has 0 bridgehead atoms. The molecule has 0 heterocycles. The normalized spacial score (nSPS) is 10.8. The van der Waals surface area contributed by atoms with Gasteiger partial charge in [-0.05, 0) is 50.8 Å². The van der Waals surface area contributed by atoms with Crippen LogP contribution in [0.4, 0.5) is 0 Å². The van der Waals surface area contributed by atoms with E-state index in [0.29, 0.717) is 5.92 Å². The lowest BCUT2D eigenvalue weighted by Crippen LogP contribution is -2.11. The van der Waals surface area contributed by atoms with Crippen LogP contribution in [0.25, 0.3) is 16.7 Å². The Hall–Kier alpha value is -3.12. The van der Waals surface area contributed by atoms with Gasteiger partial charge in [0.2, 0.25) is 0 Å². The first-order valence-electron chi connectivity index (χ1n) is 12.3. The van der Waals surface area contributed by atoms with Crippen molar-refractivity contribution in [3.63, 3.8) is 0 Å². The maximum absolute atomic E-state index is 4.41. The van der Waals surface area contributed by atoms with Crippen molar-refractivity contribution in [3.05, 3.63) is 128 Å². The topological polar surface area (TPSA) is 0 Å². The van der Waals surface area contributed by atoms with Gasteiger partial charge in [-0.1, -0.05) is 128 Å². The van der Waals surface area contributed by atoms with Crippen LogP contribution >= 0.6 is 0 Å². The van der Waals surface area contributed by atoms with Gasteiger partial charge in [0.1, 0.15) is 0 Å². The van der Waals surface area contributed by atoms with E-state index in [1.54, 1.807) is 0 Å². The van der Waals surface area contributed by atoms with Crippen molar-refractivity contribution in [1.29, 1.82) is 0 Å². The molecule has 0 fully saturated rings. The van der Waals surface area contributed by atoms with Crippen molar-refractivity contribution in [2.45, 2.75) is 66.2 Å². The van der Waals surface area contributed by atoms with E-state index in [1.165, 1.54) is 39.0 Å². The molecule has 0 nitrogen and oxygen atoms in total. The minimum atomic E-state index is 0.184. The Labute approximate surface area is 210 Å². The fourth-order valence-electron chi connectivity index (χ4n) is 3.70. The minimum absolute atomic E-state index is 0.184. The molecule has 0 aromatic heterocycles. The van der Waals surface area contributed by atoms with Crippen molar-refractivity contribution in [2.24, 2.45) is 0 Å². The van der Waals surface area contributed by atoms with Gasteiger partial charge >= 0.3 is 0 Å². The van der Waals surface area contributed by atoms with E-state index in [4.69, 9.17) is 0 Å². The Balaban J connectivity index is 0.00000168. The van der Waals surface area contributed by atoms with Crippen LogP contribution in [0.15, 0.2) is 106 Å². The molecule has 0 spiro atoms. The van der Waals surface area contributed by atoms with E-state index < -0.39 is 0 Å². The SMILES string of the molecule is C=C.C=C.C=C(c1ccc(-c2ccccc2CC)cc1)C(C)c1ccc(C(C)(C)C)cc1.CC. The molecule has 182 valence electrons. The molecule has 0 N–H and O–H groups in total. The van der Waals surface area contributed by atoms with E-state index in [2.05, 4.69) is 140 Å². The number of allylic oxidation sites excluding steroid dienone is 1. The number of aryl methyl sites for hydroxylation is 1. The van der Waals surface area contributed by atoms with Crippen LogP contribution in [0.2, 0.25) is 0 Å². The van der Waals surface area contributed by atoms with E-state index in [1.807, 2.05) is 13.8 Å². The second kappa shape index (κ2) is 15.7. The van der Waals surface area contributed by atoms with Gasteiger partial charge in [-0.2, -0.15) is 0 Å². The molecule has 3 rings (SSSR count). The van der Waals surface area contributed by atoms with E-state index >= 15 is 0 Å². The highest BCUT2D eigenvalue weighted by molar-refractivity contribution is 5.74. The van der Waals surface area contributed by atoms with E-state index in [0.717, 1.165) is 6.42 Å². The monoisotopic (exact) mass is 454 g/mol. The third kappa shape index (κ3) is 8.34. The fraction of sp³-hybridized carbons (Fsp3) is 0.294. The van der Waals surface area contributed by atoms with Crippen LogP contribution in [-0.2, 0) is 11.8 Å². The molecule has 1 unspecified atom stereocenters. The lowest BCUT2D eigenvalue weighted by molar-refractivity contribution is 0.590. The zero-order valence-corrected chi connectivity index (χ0v) is 22.7. The second-order valence-electron chi connectivity index (χ2n) is 8.71. The van der Waals surface area contributed by atoms with Gasteiger partial charge < -0.3 is 0 Å². The maximum atomic E-state index is 4.41. The highest BCUT2D eigenvalue weighted by Crippen LogP contribution is 2.33.